The molecule has 104 valence electrons. The predicted octanol–water partition coefficient (Wildman–Crippen LogP) is 5.63. The van der Waals surface area contributed by atoms with Crippen LogP contribution in [0.4, 0.5) is 5.69 Å². The number of aliphatic imine (C=N–C) groups is 1. The Morgan fingerprint density at radius 1 is 1.05 bits per heavy atom. The number of carbonyl (C=O) groups excluding carboxylic acids is 1. The van der Waals surface area contributed by atoms with Crippen LogP contribution in [0.25, 0.3) is 11.1 Å². The number of isocyanates is 1. The summed E-state index contributed by atoms with van der Waals surface area (Å²) in [4.78, 5) is 14.7. The number of benzene rings is 1. The van der Waals surface area contributed by atoms with E-state index in [4.69, 9.17) is 0 Å². The van der Waals surface area contributed by atoms with E-state index in [1.807, 2.05) is 0 Å². The highest BCUT2D eigenvalue weighted by Crippen LogP contribution is 2.38. The van der Waals surface area contributed by atoms with Gasteiger partial charge in [-0.3, -0.25) is 0 Å². The van der Waals surface area contributed by atoms with Crippen LogP contribution >= 0.6 is 11.3 Å². The summed E-state index contributed by atoms with van der Waals surface area (Å²) in [6.45, 7) is 8.50. The van der Waals surface area contributed by atoms with Crippen molar-refractivity contribution >= 4 is 23.1 Å². The number of thiophene rings is 1. The van der Waals surface area contributed by atoms with Crippen molar-refractivity contribution in [3.05, 3.63) is 40.1 Å². The fourth-order valence-corrected chi connectivity index (χ4v) is 3.00. The van der Waals surface area contributed by atoms with Crippen molar-refractivity contribution in [1.29, 1.82) is 0 Å². The van der Waals surface area contributed by atoms with Gasteiger partial charge >= 0.3 is 0 Å². The van der Waals surface area contributed by atoms with Gasteiger partial charge in [0.15, 0.2) is 0 Å². The first kappa shape index (κ1) is 14.7. The molecule has 0 spiro atoms. The van der Waals surface area contributed by atoms with E-state index >= 15 is 0 Å². The third kappa shape index (κ3) is 2.90. The van der Waals surface area contributed by atoms with E-state index in [0.29, 0.717) is 11.8 Å². The van der Waals surface area contributed by atoms with Crippen LogP contribution in [-0.4, -0.2) is 6.08 Å². The summed E-state index contributed by atoms with van der Waals surface area (Å²) in [7, 11) is 0. The standard InChI is InChI=1S/C17H19NOS/c1-11(2)15-7-14(13-5-6-20-9-13)8-16(12(3)4)17(15)18-10-19/h5-9,11-12H,1-4H3. The molecule has 0 saturated heterocycles. The van der Waals surface area contributed by atoms with Crippen molar-refractivity contribution in [1.82, 2.24) is 0 Å². The molecule has 0 saturated carbocycles. The normalized spacial score (nSPS) is 10.9. The average Bonchev–Trinajstić information content (AvgIpc) is 2.92. The molecule has 2 aromatic rings. The molecule has 2 nitrogen and oxygen atoms in total. The number of hydrogen-bond donors (Lipinski definition) is 0. The van der Waals surface area contributed by atoms with Gasteiger partial charge < -0.3 is 0 Å². The highest BCUT2D eigenvalue weighted by atomic mass is 32.1. The minimum Gasteiger partial charge on any atom is -0.211 e. The summed E-state index contributed by atoms with van der Waals surface area (Å²) < 4.78 is 0. The van der Waals surface area contributed by atoms with Crippen LogP contribution in [0.2, 0.25) is 0 Å². The van der Waals surface area contributed by atoms with E-state index in [1.54, 1.807) is 17.4 Å². The maximum Gasteiger partial charge on any atom is 0.240 e. The van der Waals surface area contributed by atoms with Crippen molar-refractivity contribution in [2.75, 3.05) is 0 Å². The molecular formula is C17H19NOS. The van der Waals surface area contributed by atoms with E-state index in [0.717, 1.165) is 16.8 Å². The highest BCUT2D eigenvalue weighted by Gasteiger charge is 2.16. The summed E-state index contributed by atoms with van der Waals surface area (Å²) >= 11 is 1.69. The number of rotatable bonds is 4. The van der Waals surface area contributed by atoms with E-state index in [-0.39, 0.29) is 0 Å². The Kier molecular flexibility index (Phi) is 4.53. The maximum absolute atomic E-state index is 10.7. The van der Waals surface area contributed by atoms with Crippen molar-refractivity contribution in [2.24, 2.45) is 4.99 Å². The van der Waals surface area contributed by atoms with Crippen molar-refractivity contribution in [2.45, 2.75) is 39.5 Å². The molecule has 0 fully saturated rings. The number of nitrogens with zero attached hydrogens (tertiary/aromatic N) is 1. The van der Waals surface area contributed by atoms with Crippen molar-refractivity contribution in [3.63, 3.8) is 0 Å². The van der Waals surface area contributed by atoms with Gasteiger partial charge in [-0.1, -0.05) is 27.7 Å². The van der Waals surface area contributed by atoms with E-state index in [9.17, 15) is 4.79 Å². The minimum absolute atomic E-state index is 0.318. The third-order valence-electron chi connectivity index (χ3n) is 3.42. The molecule has 0 aliphatic carbocycles. The van der Waals surface area contributed by atoms with Gasteiger partial charge in [-0.15, -0.1) is 0 Å². The Hall–Kier alpha value is -1.70. The Balaban J connectivity index is 2.73. The second-order valence-corrected chi connectivity index (χ2v) is 6.31. The molecule has 3 heteroatoms. The van der Waals surface area contributed by atoms with Crippen LogP contribution in [0.15, 0.2) is 34.0 Å². The average molecular weight is 285 g/mol. The van der Waals surface area contributed by atoms with Crippen molar-refractivity contribution in [3.8, 4) is 11.1 Å². The van der Waals surface area contributed by atoms with Crippen LogP contribution in [0, 0.1) is 0 Å². The lowest BCUT2D eigenvalue weighted by atomic mass is 9.89. The zero-order chi connectivity index (χ0) is 14.7. The van der Waals surface area contributed by atoms with Crippen LogP contribution < -0.4 is 0 Å². The monoisotopic (exact) mass is 285 g/mol. The molecule has 0 atom stereocenters. The second-order valence-electron chi connectivity index (χ2n) is 5.53. The van der Waals surface area contributed by atoms with Crippen molar-refractivity contribution < 1.29 is 4.79 Å². The fraction of sp³-hybridized carbons (Fsp3) is 0.353. The van der Waals surface area contributed by atoms with Crippen LogP contribution in [-0.2, 0) is 4.79 Å². The molecule has 0 aliphatic rings. The van der Waals surface area contributed by atoms with Gasteiger partial charge in [0.2, 0.25) is 6.08 Å². The van der Waals surface area contributed by atoms with Gasteiger partial charge in [-0.25, -0.2) is 4.79 Å². The molecule has 1 aromatic carbocycles. The third-order valence-corrected chi connectivity index (χ3v) is 4.11. The smallest absolute Gasteiger partial charge is 0.211 e. The van der Waals surface area contributed by atoms with Gasteiger partial charge in [0, 0.05) is 0 Å². The Labute approximate surface area is 124 Å². The molecule has 1 aromatic heterocycles. The van der Waals surface area contributed by atoms with Gasteiger partial charge in [-0.2, -0.15) is 16.3 Å². The SMILES string of the molecule is CC(C)c1cc(-c2ccsc2)cc(C(C)C)c1N=C=O. The molecule has 1 heterocycles. The lowest BCUT2D eigenvalue weighted by Gasteiger charge is -2.17. The molecule has 0 amide bonds. The Morgan fingerprint density at radius 3 is 2.05 bits per heavy atom. The zero-order valence-electron chi connectivity index (χ0n) is 12.3. The van der Waals surface area contributed by atoms with Crippen LogP contribution in [0.3, 0.4) is 0 Å². The largest absolute Gasteiger partial charge is 0.240 e. The first-order valence-corrected chi connectivity index (χ1v) is 7.77. The maximum atomic E-state index is 10.7. The quantitative estimate of drug-likeness (QED) is 0.529. The second kappa shape index (κ2) is 6.17. The molecule has 20 heavy (non-hydrogen) atoms. The zero-order valence-corrected chi connectivity index (χ0v) is 13.1. The molecular weight excluding hydrogens is 266 g/mol. The molecule has 2 rings (SSSR count). The molecule has 0 N–H and O–H groups in total. The molecule has 0 aliphatic heterocycles. The Bertz CT molecular complexity index is 606. The molecule has 0 radical (unpaired) electrons. The molecule has 0 bridgehead atoms. The van der Waals surface area contributed by atoms with Gasteiger partial charge in [0.25, 0.3) is 0 Å². The summed E-state index contributed by atoms with van der Waals surface area (Å²) in [6, 6.07) is 6.42. The topological polar surface area (TPSA) is 29.4 Å². The lowest BCUT2D eigenvalue weighted by Crippen LogP contribution is -1.97. The van der Waals surface area contributed by atoms with Gasteiger partial charge in [-0.05, 0) is 63.0 Å². The first-order valence-electron chi connectivity index (χ1n) is 6.82. The van der Waals surface area contributed by atoms with E-state index in [2.05, 4.69) is 61.6 Å². The van der Waals surface area contributed by atoms with E-state index < -0.39 is 0 Å². The summed E-state index contributed by atoms with van der Waals surface area (Å²) in [6.07, 6.45) is 1.71. The summed E-state index contributed by atoms with van der Waals surface area (Å²) in [5.74, 6) is 0.636. The predicted molar refractivity (Wildman–Crippen MR) is 85.7 cm³/mol. The summed E-state index contributed by atoms with van der Waals surface area (Å²) in [5, 5.41) is 4.23. The Morgan fingerprint density at radius 2 is 1.65 bits per heavy atom. The highest BCUT2D eigenvalue weighted by molar-refractivity contribution is 7.08. The number of hydrogen-bond acceptors (Lipinski definition) is 3. The van der Waals surface area contributed by atoms with Gasteiger partial charge in [0.1, 0.15) is 0 Å². The minimum atomic E-state index is 0.318. The first-order chi connectivity index (χ1) is 9.54. The molecule has 0 unspecified atom stereocenters. The van der Waals surface area contributed by atoms with E-state index in [1.165, 1.54) is 11.1 Å². The van der Waals surface area contributed by atoms with Gasteiger partial charge in [0.05, 0.1) is 5.69 Å². The van der Waals surface area contributed by atoms with Crippen LogP contribution in [0.1, 0.15) is 50.7 Å². The lowest BCUT2D eigenvalue weighted by molar-refractivity contribution is 0.565. The fourth-order valence-electron chi connectivity index (χ4n) is 2.33. The summed E-state index contributed by atoms with van der Waals surface area (Å²) in [5.41, 5.74) is 5.44. The van der Waals surface area contributed by atoms with Crippen LogP contribution in [0.5, 0.6) is 0 Å².